The van der Waals surface area contributed by atoms with Gasteiger partial charge in [0.15, 0.2) is 0 Å². The molecule has 2 aromatic carbocycles. The van der Waals surface area contributed by atoms with Gasteiger partial charge in [-0.25, -0.2) is 4.68 Å². The number of amides is 2. The number of carbonyl (C=O) groups is 2. The summed E-state index contributed by atoms with van der Waals surface area (Å²) in [5, 5.41) is 6.27. The van der Waals surface area contributed by atoms with Crippen molar-refractivity contribution in [3.8, 4) is 5.69 Å². The van der Waals surface area contributed by atoms with Crippen LogP contribution in [-0.2, 0) is 4.79 Å². The summed E-state index contributed by atoms with van der Waals surface area (Å²) in [7, 11) is 1.56. The molecule has 8 nitrogen and oxygen atoms in total. The quantitative estimate of drug-likeness (QED) is 0.488. The topological polar surface area (TPSA) is 103 Å². The number of likely N-dealkylation sites (N-methyl/N-ethyl adjacent to an activating group) is 1. The van der Waals surface area contributed by atoms with Crippen LogP contribution in [0.1, 0.15) is 10.4 Å². The van der Waals surface area contributed by atoms with Crippen LogP contribution < -0.4 is 10.9 Å². The van der Waals surface area contributed by atoms with Gasteiger partial charge in [-0.3, -0.25) is 19.5 Å². The Bertz CT molecular complexity index is 1240. The molecule has 0 saturated heterocycles. The maximum absolute atomic E-state index is 12.7. The minimum atomic E-state index is -0.415. The van der Waals surface area contributed by atoms with Gasteiger partial charge in [-0.2, -0.15) is 0 Å². The van der Waals surface area contributed by atoms with Crippen LogP contribution in [0.15, 0.2) is 71.7 Å². The Balaban J connectivity index is 1.45. The van der Waals surface area contributed by atoms with Crippen molar-refractivity contribution in [1.82, 2.24) is 19.7 Å². The van der Waals surface area contributed by atoms with E-state index in [4.69, 9.17) is 0 Å². The fraction of sp³-hybridized carbons (Fsp3) is 0.0952. The molecule has 0 saturated carbocycles. The first kappa shape index (κ1) is 18.3. The van der Waals surface area contributed by atoms with Gasteiger partial charge in [-0.1, -0.05) is 36.4 Å². The molecule has 2 amide bonds. The van der Waals surface area contributed by atoms with Gasteiger partial charge in [0.05, 0.1) is 17.8 Å². The van der Waals surface area contributed by atoms with Crippen molar-refractivity contribution in [2.24, 2.45) is 0 Å². The molecule has 29 heavy (non-hydrogen) atoms. The number of benzene rings is 2. The lowest BCUT2D eigenvalue weighted by Crippen LogP contribution is -2.34. The van der Waals surface area contributed by atoms with Crippen LogP contribution in [0.5, 0.6) is 0 Å². The summed E-state index contributed by atoms with van der Waals surface area (Å²) in [6, 6.07) is 17.8. The van der Waals surface area contributed by atoms with Crippen molar-refractivity contribution >= 4 is 28.5 Å². The Kier molecular flexibility index (Phi) is 4.74. The Labute approximate surface area is 165 Å². The molecule has 0 aliphatic rings. The van der Waals surface area contributed by atoms with E-state index in [2.05, 4.69) is 15.4 Å². The van der Waals surface area contributed by atoms with E-state index in [-0.39, 0.29) is 23.8 Å². The van der Waals surface area contributed by atoms with Gasteiger partial charge in [0.1, 0.15) is 5.82 Å². The monoisotopic (exact) mass is 389 g/mol. The second-order valence-electron chi connectivity index (χ2n) is 6.64. The number of hydrogen-bond donors (Lipinski definition) is 3. The summed E-state index contributed by atoms with van der Waals surface area (Å²) in [5.74, 6) is -0.424. The number of fused-ring (bicyclic) bond motifs is 1. The van der Waals surface area contributed by atoms with Crippen LogP contribution in [0.25, 0.3) is 16.6 Å². The SMILES string of the molecule is CN(CC(=O)Nc1cc(=O)n(-c2ccccc2)[nH]1)C(=O)c1c[nH]c2ccccc12. The molecule has 0 bridgehead atoms. The van der Waals surface area contributed by atoms with Gasteiger partial charge in [-0.05, 0) is 18.2 Å². The summed E-state index contributed by atoms with van der Waals surface area (Å²) in [6.07, 6.45) is 1.64. The summed E-state index contributed by atoms with van der Waals surface area (Å²) in [4.78, 5) is 41.6. The van der Waals surface area contributed by atoms with E-state index in [1.165, 1.54) is 15.6 Å². The van der Waals surface area contributed by atoms with Gasteiger partial charge in [-0.15, -0.1) is 0 Å². The van der Waals surface area contributed by atoms with Gasteiger partial charge in [0.2, 0.25) is 5.91 Å². The minimum absolute atomic E-state index is 0.156. The van der Waals surface area contributed by atoms with Crippen LogP contribution in [0, 0.1) is 0 Å². The van der Waals surface area contributed by atoms with E-state index >= 15 is 0 Å². The Hall–Kier alpha value is -4.07. The van der Waals surface area contributed by atoms with E-state index in [0.717, 1.165) is 10.9 Å². The molecule has 0 radical (unpaired) electrons. The number of hydrogen-bond acceptors (Lipinski definition) is 3. The van der Waals surface area contributed by atoms with Crippen molar-refractivity contribution in [1.29, 1.82) is 0 Å². The largest absolute Gasteiger partial charge is 0.360 e. The molecule has 0 aliphatic carbocycles. The Morgan fingerprint density at radius 1 is 1.07 bits per heavy atom. The number of H-pyrrole nitrogens is 2. The van der Waals surface area contributed by atoms with Gasteiger partial charge < -0.3 is 15.2 Å². The summed E-state index contributed by atoms with van der Waals surface area (Å²) in [5.41, 5.74) is 1.72. The lowest BCUT2D eigenvalue weighted by Gasteiger charge is -2.16. The number of para-hydroxylation sites is 2. The Morgan fingerprint density at radius 3 is 2.59 bits per heavy atom. The molecule has 2 aromatic heterocycles. The first-order valence-electron chi connectivity index (χ1n) is 9.02. The highest BCUT2D eigenvalue weighted by atomic mass is 16.2. The molecule has 0 spiro atoms. The highest BCUT2D eigenvalue weighted by molar-refractivity contribution is 6.07. The van der Waals surface area contributed by atoms with Crippen LogP contribution in [0.2, 0.25) is 0 Å². The van der Waals surface area contributed by atoms with E-state index in [0.29, 0.717) is 11.3 Å². The van der Waals surface area contributed by atoms with Crippen molar-refractivity contribution in [3.63, 3.8) is 0 Å². The number of nitrogens with one attached hydrogen (secondary N) is 3. The predicted molar refractivity (Wildman–Crippen MR) is 110 cm³/mol. The third kappa shape index (κ3) is 3.68. The second kappa shape index (κ2) is 7.51. The number of carbonyl (C=O) groups excluding carboxylic acids is 2. The predicted octanol–water partition coefficient (Wildman–Crippen LogP) is 2.36. The zero-order valence-corrected chi connectivity index (χ0v) is 15.7. The van der Waals surface area contributed by atoms with Crippen LogP contribution in [-0.4, -0.2) is 45.1 Å². The van der Waals surface area contributed by atoms with Crippen molar-refractivity contribution in [2.45, 2.75) is 0 Å². The molecule has 3 N–H and O–H groups in total. The average Bonchev–Trinajstić information content (AvgIpc) is 3.31. The molecular formula is C21H19N5O3. The fourth-order valence-electron chi connectivity index (χ4n) is 3.16. The lowest BCUT2D eigenvalue weighted by atomic mass is 10.1. The third-order valence-electron chi connectivity index (χ3n) is 4.56. The second-order valence-corrected chi connectivity index (χ2v) is 6.64. The molecule has 2 heterocycles. The third-order valence-corrected chi connectivity index (χ3v) is 4.56. The normalized spacial score (nSPS) is 10.8. The molecule has 4 aromatic rings. The number of nitrogens with zero attached hydrogens (tertiary/aromatic N) is 2. The average molecular weight is 389 g/mol. The van der Waals surface area contributed by atoms with E-state index in [1.54, 1.807) is 25.4 Å². The van der Waals surface area contributed by atoms with E-state index < -0.39 is 5.91 Å². The molecule has 8 heteroatoms. The fourth-order valence-corrected chi connectivity index (χ4v) is 3.16. The van der Waals surface area contributed by atoms with Crippen molar-refractivity contribution in [3.05, 3.63) is 82.8 Å². The van der Waals surface area contributed by atoms with Crippen LogP contribution in [0.3, 0.4) is 0 Å². The zero-order chi connectivity index (χ0) is 20.4. The smallest absolute Gasteiger partial charge is 0.273 e. The molecule has 4 rings (SSSR count). The Morgan fingerprint density at radius 2 is 1.79 bits per heavy atom. The molecule has 146 valence electrons. The first-order chi connectivity index (χ1) is 14.0. The van der Waals surface area contributed by atoms with Crippen LogP contribution >= 0.6 is 0 Å². The van der Waals surface area contributed by atoms with Gasteiger partial charge in [0, 0.05) is 30.2 Å². The van der Waals surface area contributed by atoms with Crippen molar-refractivity contribution in [2.75, 3.05) is 18.9 Å². The molecular weight excluding hydrogens is 370 g/mol. The van der Waals surface area contributed by atoms with Gasteiger partial charge in [0.25, 0.3) is 11.5 Å². The maximum Gasteiger partial charge on any atom is 0.273 e. The highest BCUT2D eigenvalue weighted by Gasteiger charge is 2.19. The number of rotatable bonds is 5. The number of anilines is 1. The standard InChI is InChI=1S/C21H19N5O3/c1-25(21(29)16-12-22-17-10-6-5-9-15(16)17)13-19(27)23-18-11-20(28)26(24-18)14-7-3-2-4-8-14/h2-12,22,24H,13H2,1H3,(H,23,27). The maximum atomic E-state index is 12.7. The number of aromatic nitrogens is 3. The highest BCUT2D eigenvalue weighted by Crippen LogP contribution is 2.19. The molecule has 0 fully saturated rings. The van der Waals surface area contributed by atoms with Crippen LogP contribution in [0.4, 0.5) is 5.82 Å². The molecule has 0 atom stereocenters. The van der Waals surface area contributed by atoms with Gasteiger partial charge >= 0.3 is 0 Å². The van der Waals surface area contributed by atoms with Crippen molar-refractivity contribution < 1.29 is 9.59 Å². The number of aromatic amines is 2. The summed E-state index contributed by atoms with van der Waals surface area (Å²) >= 11 is 0. The minimum Gasteiger partial charge on any atom is -0.360 e. The van der Waals surface area contributed by atoms with E-state index in [9.17, 15) is 14.4 Å². The zero-order valence-electron chi connectivity index (χ0n) is 15.7. The lowest BCUT2D eigenvalue weighted by molar-refractivity contribution is -0.116. The summed E-state index contributed by atoms with van der Waals surface area (Å²) in [6.45, 7) is -0.156. The molecule has 0 unspecified atom stereocenters. The summed E-state index contributed by atoms with van der Waals surface area (Å²) < 4.78 is 1.33. The molecule has 0 aliphatic heterocycles. The van der Waals surface area contributed by atoms with E-state index in [1.807, 2.05) is 42.5 Å². The first-order valence-corrected chi connectivity index (χ1v) is 9.02.